The van der Waals surface area contributed by atoms with E-state index in [1.165, 1.54) is 6.07 Å². The molecule has 2 aromatic rings. The fourth-order valence-electron chi connectivity index (χ4n) is 2.55. The van der Waals surface area contributed by atoms with Crippen molar-refractivity contribution in [1.82, 2.24) is 10.5 Å². The molecule has 1 aliphatic rings. The third-order valence-corrected chi connectivity index (χ3v) is 3.90. The molecule has 0 saturated heterocycles. The molecule has 126 valence electrons. The first-order valence-electron chi connectivity index (χ1n) is 7.71. The van der Waals surface area contributed by atoms with Crippen molar-refractivity contribution in [3.63, 3.8) is 0 Å². The Morgan fingerprint density at radius 2 is 2.08 bits per heavy atom. The fourth-order valence-corrected chi connectivity index (χ4v) is 2.55. The minimum Gasteiger partial charge on any atom is -0.493 e. The lowest BCUT2D eigenvalue weighted by Crippen LogP contribution is -2.34. The Bertz CT molecular complexity index is 781. The highest BCUT2D eigenvalue weighted by Crippen LogP contribution is 2.28. The van der Waals surface area contributed by atoms with E-state index in [0.29, 0.717) is 17.9 Å². The van der Waals surface area contributed by atoms with Crippen LogP contribution in [0, 0.1) is 0 Å². The molecule has 2 heterocycles. The van der Waals surface area contributed by atoms with Gasteiger partial charge >= 0.3 is 5.97 Å². The van der Waals surface area contributed by atoms with Crippen LogP contribution in [0.1, 0.15) is 53.2 Å². The normalized spacial score (nSPS) is 14.1. The summed E-state index contributed by atoms with van der Waals surface area (Å²) in [7, 11) is 0. The number of ether oxygens (including phenoxy) is 1. The molecular weight excluding hydrogens is 312 g/mol. The molecule has 0 bridgehead atoms. The molecule has 0 radical (unpaired) electrons. The molecule has 0 aliphatic carbocycles. The maximum Gasteiger partial charge on any atom is 0.330 e. The average Bonchev–Trinajstić information content (AvgIpc) is 3.20. The van der Waals surface area contributed by atoms with Gasteiger partial charge in [0.2, 0.25) is 0 Å². The van der Waals surface area contributed by atoms with Gasteiger partial charge in [0.1, 0.15) is 11.5 Å². The smallest absolute Gasteiger partial charge is 0.330 e. The molecule has 0 spiro atoms. The number of amides is 1. The molecule has 24 heavy (non-hydrogen) atoms. The number of rotatable bonds is 5. The van der Waals surface area contributed by atoms with Crippen LogP contribution in [-0.4, -0.2) is 28.7 Å². The molecule has 7 nitrogen and oxygen atoms in total. The lowest BCUT2D eigenvalue weighted by Gasteiger charge is -2.15. The van der Waals surface area contributed by atoms with E-state index in [9.17, 15) is 14.7 Å². The number of nitrogens with zero attached hydrogens (tertiary/aromatic N) is 1. The Labute approximate surface area is 138 Å². The maximum atomic E-state index is 12.3. The van der Waals surface area contributed by atoms with Gasteiger partial charge in [-0.25, -0.2) is 4.79 Å². The summed E-state index contributed by atoms with van der Waals surface area (Å²) in [6.45, 7) is 4.41. The zero-order valence-electron chi connectivity index (χ0n) is 13.4. The van der Waals surface area contributed by atoms with E-state index in [2.05, 4.69) is 10.5 Å². The molecule has 3 rings (SSSR count). The SMILES string of the molecule is CC(C)c1cc(C(=O)N[C@H](C(=O)O)c2ccc3c(c2)CCO3)no1. The van der Waals surface area contributed by atoms with Crippen LogP contribution in [0.5, 0.6) is 5.75 Å². The number of aromatic nitrogens is 1. The van der Waals surface area contributed by atoms with Crippen molar-refractivity contribution >= 4 is 11.9 Å². The molecule has 1 aliphatic heterocycles. The van der Waals surface area contributed by atoms with Crippen LogP contribution in [0.4, 0.5) is 0 Å². The quantitative estimate of drug-likeness (QED) is 0.872. The number of hydrogen-bond donors (Lipinski definition) is 2. The second-order valence-corrected chi connectivity index (χ2v) is 5.98. The molecule has 1 aromatic heterocycles. The largest absolute Gasteiger partial charge is 0.493 e. The highest BCUT2D eigenvalue weighted by molar-refractivity contribution is 5.95. The van der Waals surface area contributed by atoms with Crippen molar-refractivity contribution in [3.8, 4) is 5.75 Å². The number of carboxylic acid groups (broad SMARTS) is 1. The monoisotopic (exact) mass is 330 g/mol. The van der Waals surface area contributed by atoms with Crippen LogP contribution in [0.2, 0.25) is 0 Å². The first kappa shape index (κ1) is 16.0. The minimum absolute atomic E-state index is 0.0643. The van der Waals surface area contributed by atoms with Gasteiger partial charge in [0.25, 0.3) is 5.91 Å². The van der Waals surface area contributed by atoms with Crippen molar-refractivity contribution < 1.29 is 24.0 Å². The van der Waals surface area contributed by atoms with Gasteiger partial charge < -0.3 is 19.7 Å². The van der Waals surface area contributed by atoms with Crippen molar-refractivity contribution in [2.75, 3.05) is 6.61 Å². The Morgan fingerprint density at radius 3 is 2.75 bits per heavy atom. The van der Waals surface area contributed by atoms with E-state index in [4.69, 9.17) is 9.26 Å². The summed E-state index contributed by atoms with van der Waals surface area (Å²) in [4.78, 5) is 23.9. The molecule has 0 saturated carbocycles. The average molecular weight is 330 g/mol. The molecule has 0 fully saturated rings. The third-order valence-electron chi connectivity index (χ3n) is 3.90. The first-order chi connectivity index (χ1) is 11.5. The van der Waals surface area contributed by atoms with Crippen LogP contribution in [-0.2, 0) is 11.2 Å². The standard InChI is InChI=1S/C17H18N2O5/c1-9(2)14-8-12(19-24-14)16(20)18-15(17(21)22)11-3-4-13-10(7-11)5-6-23-13/h3-4,7-9,15H,5-6H2,1-2H3,(H,18,20)(H,21,22)/t15-/m0/s1. The van der Waals surface area contributed by atoms with Gasteiger partial charge in [-0.3, -0.25) is 4.79 Å². The molecule has 1 atom stereocenters. The number of benzene rings is 1. The molecule has 7 heteroatoms. The number of aliphatic carboxylic acids is 1. The summed E-state index contributed by atoms with van der Waals surface area (Å²) in [5, 5.41) is 15.7. The Balaban J connectivity index is 1.81. The van der Waals surface area contributed by atoms with Crippen molar-refractivity contribution in [1.29, 1.82) is 0 Å². The van der Waals surface area contributed by atoms with E-state index in [1.807, 2.05) is 13.8 Å². The number of carbonyl (C=O) groups is 2. The van der Waals surface area contributed by atoms with Crippen LogP contribution >= 0.6 is 0 Å². The van der Waals surface area contributed by atoms with E-state index < -0.39 is 17.9 Å². The number of carboxylic acids is 1. The molecular formula is C17H18N2O5. The van der Waals surface area contributed by atoms with Crippen LogP contribution in [0.25, 0.3) is 0 Å². The van der Waals surface area contributed by atoms with E-state index in [1.54, 1.807) is 18.2 Å². The minimum atomic E-state index is -1.16. The number of carbonyl (C=O) groups excluding carboxylic acids is 1. The van der Waals surface area contributed by atoms with Crippen LogP contribution in [0.3, 0.4) is 0 Å². The molecule has 1 amide bonds. The van der Waals surface area contributed by atoms with E-state index >= 15 is 0 Å². The third kappa shape index (κ3) is 3.10. The lowest BCUT2D eigenvalue weighted by atomic mass is 10.0. The van der Waals surface area contributed by atoms with Gasteiger partial charge in [-0.05, 0) is 23.3 Å². The highest BCUT2D eigenvalue weighted by atomic mass is 16.5. The Kier molecular flexibility index (Phi) is 4.24. The predicted molar refractivity (Wildman–Crippen MR) is 84.1 cm³/mol. The van der Waals surface area contributed by atoms with Crippen molar-refractivity contribution in [3.05, 3.63) is 46.8 Å². The van der Waals surface area contributed by atoms with E-state index in [-0.39, 0.29) is 11.6 Å². The second kappa shape index (κ2) is 6.35. The van der Waals surface area contributed by atoms with Gasteiger partial charge in [-0.2, -0.15) is 0 Å². The fraction of sp³-hybridized carbons (Fsp3) is 0.353. The van der Waals surface area contributed by atoms with Gasteiger partial charge in [-0.15, -0.1) is 0 Å². The topological polar surface area (TPSA) is 102 Å². The maximum absolute atomic E-state index is 12.3. The number of nitrogens with one attached hydrogen (secondary N) is 1. The van der Waals surface area contributed by atoms with Gasteiger partial charge in [0.05, 0.1) is 6.61 Å². The van der Waals surface area contributed by atoms with Gasteiger partial charge in [0.15, 0.2) is 11.7 Å². The molecule has 2 N–H and O–H groups in total. The second-order valence-electron chi connectivity index (χ2n) is 5.98. The van der Waals surface area contributed by atoms with E-state index in [0.717, 1.165) is 17.7 Å². The Morgan fingerprint density at radius 1 is 1.29 bits per heavy atom. The summed E-state index contributed by atoms with van der Waals surface area (Å²) in [5.41, 5.74) is 1.50. The van der Waals surface area contributed by atoms with Crippen LogP contribution < -0.4 is 10.1 Å². The van der Waals surface area contributed by atoms with Crippen molar-refractivity contribution in [2.45, 2.75) is 32.2 Å². The molecule has 0 unspecified atom stereocenters. The summed E-state index contributed by atoms with van der Waals surface area (Å²) in [5.74, 6) is -0.315. The highest BCUT2D eigenvalue weighted by Gasteiger charge is 2.26. The zero-order valence-corrected chi connectivity index (χ0v) is 13.4. The summed E-state index contributed by atoms with van der Waals surface area (Å²) in [6.07, 6.45) is 0.727. The van der Waals surface area contributed by atoms with Crippen molar-refractivity contribution in [2.24, 2.45) is 0 Å². The summed E-state index contributed by atoms with van der Waals surface area (Å²) >= 11 is 0. The Hall–Kier alpha value is -2.83. The zero-order chi connectivity index (χ0) is 17.3. The first-order valence-corrected chi connectivity index (χ1v) is 7.71. The molecule has 1 aromatic carbocycles. The summed E-state index contributed by atoms with van der Waals surface area (Å²) in [6, 6.07) is 5.49. The van der Waals surface area contributed by atoms with Gasteiger partial charge in [0, 0.05) is 18.4 Å². The van der Waals surface area contributed by atoms with Crippen LogP contribution in [0.15, 0.2) is 28.8 Å². The summed E-state index contributed by atoms with van der Waals surface area (Å²) < 4.78 is 10.5. The number of fused-ring (bicyclic) bond motifs is 1. The lowest BCUT2D eigenvalue weighted by molar-refractivity contribution is -0.139. The predicted octanol–water partition coefficient (Wildman–Crippen LogP) is 2.29. The van der Waals surface area contributed by atoms with Gasteiger partial charge in [-0.1, -0.05) is 25.1 Å². The number of hydrogen-bond acceptors (Lipinski definition) is 5.